The van der Waals surface area contributed by atoms with Crippen molar-refractivity contribution in [3.05, 3.63) is 0 Å². The third-order valence-electron chi connectivity index (χ3n) is 5.30. The SMILES string of the molecule is CCCC1CCCC(NCC2(C)CCOCC2)CC1. The highest BCUT2D eigenvalue weighted by molar-refractivity contribution is 4.83. The van der Waals surface area contributed by atoms with E-state index in [1.165, 1.54) is 64.3 Å². The summed E-state index contributed by atoms with van der Waals surface area (Å²) in [6.07, 6.45) is 12.4. The van der Waals surface area contributed by atoms with E-state index in [9.17, 15) is 0 Å². The van der Waals surface area contributed by atoms with Crippen LogP contribution in [0.15, 0.2) is 0 Å². The standard InChI is InChI=1S/C17H33NO/c1-3-5-15-6-4-7-16(9-8-15)18-14-17(2)10-12-19-13-11-17/h15-16,18H,3-14H2,1-2H3. The molecule has 0 aromatic rings. The van der Waals surface area contributed by atoms with E-state index in [2.05, 4.69) is 19.2 Å². The molecular weight excluding hydrogens is 234 g/mol. The van der Waals surface area contributed by atoms with Crippen molar-refractivity contribution in [2.24, 2.45) is 11.3 Å². The number of rotatable bonds is 5. The van der Waals surface area contributed by atoms with Gasteiger partial charge in [-0.15, -0.1) is 0 Å². The summed E-state index contributed by atoms with van der Waals surface area (Å²) in [7, 11) is 0. The lowest BCUT2D eigenvalue weighted by atomic mass is 9.82. The van der Waals surface area contributed by atoms with Gasteiger partial charge in [0.25, 0.3) is 0 Å². The van der Waals surface area contributed by atoms with Crippen LogP contribution < -0.4 is 5.32 Å². The lowest BCUT2D eigenvalue weighted by Crippen LogP contribution is -2.41. The van der Waals surface area contributed by atoms with Gasteiger partial charge in [-0.25, -0.2) is 0 Å². The molecule has 1 heterocycles. The van der Waals surface area contributed by atoms with Crippen molar-refractivity contribution in [1.29, 1.82) is 0 Å². The van der Waals surface area contributed by atoms with Crippen LogP contribution in [0.1, 0.15) is 71.6 Å². The molecule has 0 aromatic carbocycles. The molecule has 0 spiro atoms. The summed E-state index contributed by atoms with van der Waals surface area (Å²) in [6.45, 7) is 7.87. The number of hydrogen-bond acceptors (Lipinski definition) is 2. The van der Waals surface area contributed by atoms with E-state index in [4.69, 9.17) is 4.74 Å². The van der Waals surface area contributed by atoms with E-state index in [0.717, 1.165) is 25.2 Å². The summed E-state index contributed by atoms with van der Waals surface area (Å²) >= 11 is 0. The first kappa shape index (κ1) is 15.3. The molecule has 1 aliphatic carbocycles. The highest BCUT2D eigenvalue weighted by atomic mass is 16.5. The minimum Gasteiger partial charge on any atom is -0.381 e. The Morgan fingerprint density at radius 1 is 1.11 bits per heavy atom. The van der Waals surface area contributed by atoms with Crippen LogP contribution in [0.3, 0.4) is 0 Å². The molecule has 2 aliphatic rings. The molecule has 2 rings (SSSR count). The van der Waals surface area contributed by atoms with Gasteiger partial charge in [0.2, 0.25) is 0 Å². The van der Waals surface area contributed by atoms with Crippen LogP contribution in [0.5, 0.6) is 0 Å². The maximum Gasteiger partial charge on any atom is 0.0471 e. The van der Waals surface area contributed by atoms with Crippen molar-refractivity contribution in [3.8, 4) is 0 Å². The zero-order valence-electron chi connectivity index (χ0n) is 13.0. The maximum absolute atomic E-state index is 5.49. The summed E-state index contributed by atoms with van der Waals surface area (Å²) in [4.78, 5) is 0. The van der Waals surface area contributed by atoms with Crippen LogP contribution in [0.25, 0.3) is 0 Å². The molecule has 1 N–H and O–H groups in total. The first-order valence-corrected chi connectivity index (χ1v) is 8.53. The number of ether oxygens (including phenoxy) is 1. The summed E-state index contributed by atoms with van der Waals surface area (Å²) in [5.74, 6) is 1.01. The average Bonchev–Trinajstić information content (AvgIpc) is 2.64. The molecule has 2 heteroatoms. The summed E-state index contributed by atoms with van der Waals surface area (Å²) in [6, 6.07) is 0.779. The highest BCUT2D eigenvalue weighted by Crippen LogP contribution is 2.30. The molecule has 1 saturated carbocycles. The molecule has 112 valence electrons. The Morgan fingerprint density at radius 3 is 2.63 bits per heavy atom. The van der Waals surface area contributed by atoms with Crippen molar-refractivity contribution in [2.75, 3.05) is 19.8 Å². The van der Waals surface area contributed by atoms with Crippen LogP contribution in [-0.2, 0) is 4.74 Å². The molecule has 19 heavy (non-hydrogen) atoms. The van der Waals surface area contributed by atoms with Gasteiger partial charge >= 0.3 is 0 Å². The topological polar surface area (TPSA) is 21.3 Å². The normalized spacial score (nSPS) is 31.9. The first-order chi connectivity index (χ1) is 9.22. The molecule has 2 nitrogen and oxygen atoms in total. The molecule has 2 unspecified atom stereocenters. The quantitative estimate of drug-likeness (QED) is 0.756. The first-order valence-electron chi connectivity index (χ1n) is 8.53. The lowest BCUT2D eigenvalue weighted by molar-refractivity contribution is 0.0226. The Labute approximate surface area is 119 Å². The smallest absolute Gasteiger partial charge is 0.0471 e. The fourth-order valence-corrected chi connectivity index (χ4v) is 3.71. The number of nitrogens with one attached hydrogen (secondary N) is 1. The minimum atomic E-state index is 0.480. The van der Waals surface area contributed by atoms with Gasteiger partial charge in [0, 0.05) is 25.8 Å². The summed E-state index contributed by atoms with van der Waals surface area (Å²) in [5, 5.41) is 3.88. The van der Waals surface area contributed by atoms with E-state index < -0.39 is 0 Å². The van der Waals surface area contributed by atoms with Gasteiger partial charge < -0.3 is 10.1 Å². The number of hydrogen-bond donors (Lipinski definition) is 1. The average molecular weight is 267 g/mol. The van der Waals surface area contributed by atoms with Gasteiger partial charge in [0.05, 0.1) is 0 Å². The summed E-state index contributed by atoms with van der Waals surface area (Å²) in [5.41, 5.74) is 0.480. The molecule has 2 fully saturated rings. The zero-order valence-corrected chi connectivity index (χ0v) is 13.0. The Hall–Kier alpha value is -0.0800. The van der Waals surface area contributed by atoms with Gasteiger partial charge in [-0.05, 0) is 43.4 Å². The van der Waals surface area contributed by atoms with Gasteiger partial charge in [-0.2, -0.15) is 0 Å². The lowest BCUT2D eigenvalue weighted by Gasteiger charge is -2.35. The van der Waals surface area contributed by atoms with Crippen LogP contribution in [0, 0.1) is 11.3 Å². The molecular formula is C17H33NO. The molecule has 0 bridgehead atoms. The molecule has 2 atom stereocenters. The Morgan fingerprint density at radius 2 is 1.89 bits per heavy atom. The largest absolute Gasteiger partial charge is 0.381 e. The van der Waals surface area contributed by atoms with E-state index in [0.29, 0.717) is 5.41 Å². The van der Waals surface area contributed by atoms with Crippen molar-refractivity contribution in [2.45, 2.75) is 77.7 Å². The predicted molar refractivity (Wildman–Crippen MR) is 81.4 cm³/mol. The molecule has 0 aromatic heterocycles. The third-order valence-corrected chi connectivity index (χ3v) is 5.30. The van der Waals surface area contributed by atoms with E-state index in [1.807, 2.05) is 0 Å². The Balaban J connectivity index is 1.70. The predicted octanol–water partition coefficient (Wildman–Crippen LogP) is 4.14. The highest BCUT2D eigenvalue weighted by Gasteiger charge is 2.28. The van der Waals surface area contributed by atoms with Crippen LogP contribution >= 0.6 is 0 Å². The van der Waals surface area contributed by atoms with Gasteiger partial charge in [0.1, 0.15) is 0 Å². The van der Waals surface area contributed by atoms with Crippen LogP contribution in [0.2, 0.25) is 0 Å². The fraction of sp³-hybridized carbons (Fsp3) is 1.00. The molecule has 1 aliphatic heterocycles. The van der Waals surface area contributed by atoms with E-state index >= 15 is 0 Å². The minimum absolute atomic E-state index is 0.480. The molecule has 1 saturated heterocycles. The monoisotopic (exact) mass is 267 g/mol. The third kappa shape index (κ3) is 5.07. The molecule has 0 amide bonds. The van der Waals surface area contributed by atoms with Crippen molar-refractivity contribution in [3.63, 3.8) is 0 Å². The van der Waals surface area contributed by atoms with Crippen molar-refractivity contribution in [1.82, 2.24) is 5.32 Å². The van der Waals surface area contributed by atoms with Gasteiger partial charge in [0.15, 0.2) is 0 Å². The second-order valence-electron chi connectivity index (χ2n) is 7.16. The Bertz CT molecular complexity index is 248. The van der Waals surface area contributed by atoms with E-state index in [1.54, 1.807) is 0 Å². The van der Waals surface area contributed by atoms with Crippen molar-refractivity contribution < 1.29 is 4.74 Å². The summed E-state index contributed by atoms with van der Waals surface area (Å²) < 4.78 is 5.49. The molecule has 0 radical (unpaired) electrons. The van der Waals surface area contributed by atoms with Crippen LogP contribution in [0.4, 0.5) is 0 Å². The zero-order chi connectivity index (χ0) is 13.6. The maximum atomic E-state index is 5.49. The second-order valence-corrected chi connectivity index (χ2v) is 7.16. The second kappa shape index (κ2) is 7.64. The Kier molecular flexibility index (Phi) is 6.15. The van der Waals surface area contributed by atoms with Crippen LogP contribution in [-0.4, -0.2) is 25.8 Å². The van der Waals surface area contributed by atoms with E-state index in [-0.39, 0.29) is 0 Å². The van der Waals surface area contributed by atoms with Crippen molar-refractivity contribution >= 4 is 0 Å². The fourth-order valence-electron chi connectivity index (χ4n) is 3.71. The van der Waals surface area contributed by atoms with Gasteiger partial charge in [-0.1, -0.05) is 39.5 Å². The van der Waals surface area contributed by atoms with Gasteiger partial charge in [-0.3, -0.25) is 0 Å².